The molecule has 25 heavy (non-hydrogen) atoms. The summed E-state index contributed by atoms with van der Waals surface area (Å²) in [5.41, 5.74) is 4.91. The number of nitrogens with two attached hydrogens (primary N) is 1. The minimum Gasteiger partial charge on any atom is -0.480 e. The molecular formula is C14H23N4O6P. The Bertz CT molecular complexity index is 710. The van der Waals surface area contributed by atoms with Crippen LogP contribution in [0.4, 0.5) is 5.82 Å². The number of nitrogens with zero attached hydrogens (tertiary/aromatic N) is 2. The van der Waals surface area contributed by atoms with Crippen molar-refractivity contribution in [2.45, 2.75) is 39.0 Å². The van der Waals surface area contributed by atoms with E-state index in [4.69, 9.17) is 15.0 Å². The van der Waals surface area contributed by atoms with E-state index in [2.05, 4.69) is 10.1 Å². The van der Waals surface area contributed by atoms with Crippen molar-refractivity contribution in [3.05, 3.63) is 22.7 Å². The quantitative estimate of drug-likeness (QED) is 0.580. The van der Waals surface area contributed by atoms with Crippen molar-refractivity contribution in [1.29, 1.82) is 0 Å². The van der Waals surface area contributed by atoms with Crippen molar-refractivity contribution in [3.63, 3.8) is 0 Å². The first kappa shape index (κ1) is 19.6. The normalized spacial score (nSPS) is 25.0. The maximum absolute atomic E-state index is 12.6. The van der Waals surface area contributed by atoms with Gasteiger partial charge in [-0.3, -0.25) is 13.9 Å². The van der Waals surface area contributed by atoms with Crippen molar-refractivity contribution >= 4 is 19.3 Å². The molecular weight excluding hydrogens is 351 g/mol. The van der Waals surface area contributed by atoms with Crippen molar-refractivity contribution in [3.8, 4) is 0 Å². The molecule has 1 aliphatic heterocycles. The number of carbonyl (C=O) groups is 1. The first-order valence-electron chi connectivity index (χ1n) is 7.87. The standard InChI is InChI=1S/C14H23N4O6P/c1-9(2)5-11(13(19)20)17-25(22)8-23-10(7-24-25)6-18-4-3-12(15)16-14(18)21/h3-4,9-11H,5-8H2,1-2H3,(H,17,22)(H,19,20)(H2,15,16,21)/t10-,11?,25?/m0/s1. The molecule has 11 heteroatoms. The molecule has 3 atom stereocenters. The Balaban J connectivity index is 1.94. The Hall–Kier alpha value is -1.74. The van der Waals surface area contributed by atoms with Crippen molar-refractivity contribution in [2.75, 3.05) is 18.7 Å². The van der Waals surface area contributed by atoms with Crippen LogP contribution in [0.2, 0.25) is 0 Å². The molecule has 1 aromatic heterocycles. The Morgan fingerprint density at radius 3 is 2.84 bits per heavy atom. The second-order valence-electron chi connectivity index (χ2n) is 6.32. The SMILES string of the molecule is CC(C)CC(NP1(=O)CO[C@@H](Cn2ccc(N)nc2=O)CO1)C(=O)O. The summed E-state index contributed by atoms with van der Waals surface area (Å²) >= 11 is 0. The number of anilines is 1. The zero-order valence-electron chi connectivity index (χ0n) is 14.1. The molecule has 4 N–H and O–H groups in total. The third kappa shape index (κ3) is 5.64. The van der Waals surface area contributed by atoms with Gasteiger partial charge in [0, 0.05) is 6.20 Å². The lowest BCUT2D eigenvalue weighted by molar-refractivity contribution is -0.139. The summed E-state index contributed by atoms with van der Waals surface area (Å²) in [6.45, 7) is 3.88. The molecule has 1 saturated heterocycles. The van der Waals surface area contributed by atoms with E-state index in [1.165, 1.54) is 16.8 Å². The van der Waals surface area contributed by atoms with Crippen LogP contribution in [0, 0.1) is 5.92 Å². The van der Waals surface area contributed by atoms with Gasteiger partial charge in [0.2, 0.25) is 0 Å². The van der Waals surface area contributed by atoms with E-state index in [0.29, 0.717) is 6.42 Å². The highest BCUT2D eigenvalue weighted by atomic mass is 31.2. The molecule has 1 aliphatic rings. The number of carboxylic acid groups (broad SMARTS) is 1. The fourth-order valence-corrected chi connectivity index (χ4v) is 4.12. The second-order valence-corrected chi connectivity index (χ2v) is 8.45. The van der Waals surface area contributed by atoms with Crippen molar-refractivity contribution < 1.29 is 23.7 Å². The van der Waals surface area contributed by atoms with Crippen LogP contribution in [-0.4, -0.2) is 45.7 Å². The smallest absolute Gasteiger partial charge is 0.349 e. The fourth-order valence-electron chi connectivity index (χ4n) is 2.39. The Kier molecular flexibility index (Phi) is 6.34. The second kappa shape index (κ2) is 8.09. The lowest BCUT2D eigenvalue weighted by Gasteiger charge is -2.31. The Morgan fingerprint density at radius 2 is 2.32 bits per heavy atom. The number of hydrogen-bond donors (Lipinski definition) is 3. The van der Waals surface area contributed by atoms with E-state index >= 15 is 0 Å². The fraction of sp³-hybridized carbons (Fsp3) is 0.643. The molecule has 0 bridgehead atoms. The molecule has 140 valence electrons. The Labute approximate surface area is 144 Å². The predicted octanol–water partition coefficient (Wildman–Crippen LogP) is 0.480. The molecule has 10 nitrogen and oxygen atoms in total. The number of hydrogen-bond acceptors (Lipinski definition) is 7. The minimum atomic E-state index is -3.42. The summed E-state index contributed by atoms with van der Waals surface area (Å²) in [5.74, 6) is -0.849. The predicted molar refractivity (Wildman–Crippen MR) is 90.2 cm³/mol. The summed E-state index contributed by atoms with van der Waals surface area (Å²) in [7, 11) is -3.42. The van der Waals surface area contributed by atoms with Crippen molar-refractivity contribution in [2.24, 2.45) is 5.92 Å². The van der Waals surface area contributed by atoms with Gasteiger partial charge in [0.25, 0.3) is 7.52 Å². The summed E-state index contributed by atoms with van der Waals surface area (Å²) in [4.78, 5) is 26.6. The van der Waals surface area contributed by atoms with Crippen LogP contribution < -0.4 is 16.5 Å². The molecule has 0 amide bonds. The topological polar surface area (TPSA) is 146 Å². The number of nitrogens with one attached hydrogen (secondary N) is 1. The van der Waals surface area contributed by atoms with Gasteiger partial charge in [-0.2, -0.15) is 4.98 Å². The van der Waals surface area contributed by atoms with Crippen LogP contribution in [0.5, 0.6) is 0 Å². The number of aliphatic carboxylic acids is 1. The molecule has 2 rings (SSSR count). The van der Waals surface area contributed by atoms with E-state index in [9.17, 15) is 19.3 Å². The third-order valence-electron chi connectivity index (χ3n) is 3.60. The molecule has 0 saturated carbocycles. The lowest BCUT2D eigenvalue weighted by Crippen LogP contribution is -2.41. The van der Waals surface area contributed by atoms with Gasteiger partial charge in [0.1, 0.15) is 24.3 Å². The molecule has 0 aliphatic carbocycles. The maximum atomic E-state index is 12.6. The number of nitrogen functional groups attached to an aromatic ring is 1. The average Bonchev–Trinajstić information content (AvgIpc) is 2.51. The highest BCUT2D eigenvalue weighted by Crippen LogP contribution is 2.46. The average molecular weight is 374 g/mol. The van der Waals surface area contributed by atoms with Gasteiger partial charge in [-0.05, 0) is 18.4 Å². The monoisotopic (exact) mass is 374 g/mol. The van der Waals surface area contributed by atoms with Gasteiger partial charge in [-0.15, -0.1) is 0 Å². The van der Waals surface area contributed by atoms with Gasteiger partial charge in [0.15, 0.2) is 0 Å². The molecule has 0 aromatic carbocycles. The van der Waals surface area contributed by atoms with Crippen LogP contribution in [-0.2, 0) is 25.2 Å². The van der Waals surface area contributed by atoms with Crippen molar-refractivity contribution in [1.82, 2.24) is 14.6 Å². The van der Waals surface area contributed by atoms with Gasteiger partial charge in [-0.25, -0.2) is 9.88 Å². The van der Waals surface area contributed by atoms with Gasteiger partial charge in [-0.1, -0.05) is 13.8 Å². The van der Waals surface area contributed by atoms with Crippen LogP contribution in [0.15, 0.2) is 17.1 Å². The minimum absolute atomic E-state index is 0.0326. The summed E-state index contributed by atoms with van der Waals surface area (Å²) < 4.78 is 24.8. The van der Waals surface area contributed by atoms with Crippen LogP contribution in [0.3, 0.4) is 0 Å². The summed E-state index contributed by atoms with van der Waals surface area (Å²) in [6.07, 6.45) is 1.04. The van der Waals surface area contributed by atoms with Gasteiger partial charge >= 0.3 is 11.7 Å². The number of carboxylic acids is 1. The van der Waals surface area contributed by atoms with E-state index in [1.54, 1.807) is 0 Å². The van der Waals surface area contributed by atoms with E-state index in [0.717, 1.165) is 0 Å². The number of aromatic nitrogens is 2. The van der Waals surface area contributed by atoms with E-state index in [-0.39, 0.29) is 31.2 Å². The van der Waals surface area contributed by atoms with Gasteiger partial charge < -0.3 is 20.1 Å². The Morgan fingerprint density at radius 1 is 1.60 bits per heavy atom. The number of ether oxygens (including phenoxy) is 1. The summed E-state index contributed by atoms with van der Waals surface area (Å²) in [5, 5.41) is 11.8. The van der Waals surface area contributed by atoms with Crippen LogP contribution in [0.25, 0.3) is 0 Å². The first-order valence-corrected chi connectivity index (χ1v) is 9.68. The van der Waals surface area contributed by atoms with Crippen LogP contribution >= 0.6 is 7.52 Å². The zero-order chi connectivity index (χ0) is 18.6. The van der Waals surface area contributed by atoms with Gasteiger partial charge in [0.05, 0.1) is 13.2 Å². The zero-order valence-corrected chi connectivity index (χ0v) is 15.0. The van der Waals surface area contributed by atoms with E-state index in [1.807, 2.05) is 13.8 Å². The molecule has 2 unspecified atom stereocenters. The molecule has 0 radical (unpaired) electrons. The molecule has 0 spiro atoms. The highest BCUT2D eigenvalue weighted by Gasteiger charge is 2.36. The lowest BCUT2D eigenvalue weighted by atomic mass is 10.1. The van der Waals surface area contributed by atoms with E-state index < -0.39 is 31.3 Å². The maximum Gasteiger partial charge on any atom is 0.349 e. The molecule has 1 aromatic rings. The highest BCUT2D eigenvalue weighted by molar-refractivity contribution is 7.56. The first-order chi connectivity index (χ1) is 11.7. The number of rotatable bonds is 7. The summed E-state index contributed by atoms with van der Waals surface area (Å²) in [6, 6.07) is 0.510. The largest absolute Gasteiger partial charge is 0.480 e. The van der Waals surface area contributed by atoms with Crippen LogP contribution in [0.1, 0.15) is 20.3 Å². The molecule has 1 fully saturated rings. The third-order valence-corrected chi connectivity index (χ3v) is 5.36. The molecule has 2 heterocycles.